The number of nitrogens with one attached hydrogen (secondary N) is 2. The highest BCUT2D eigenvalue weighted by Crippen LogP contribution is 2.22. The molecule has 1 unspecified atom stereocenters. The molecule has 0 aromatic carbocycles. The molecule has 1 atom stereocenters. The minimum atomic E-state index is -3.75. The van der Waals surface area contributed by atoms with Gasteiger partial charge in [-0.05, 0) is 28.9 Å². The van der Waals surface area contributed by atoms with Crippen molar-refractivity contribution in [2.75, 3.05) is 5.43 Å². The Morgan fingerprint density at radius 3 is 2.90 bits per heavy atom. The van der Waals surface area contributed by atoms with Gasteiger partial charge in [-0.1, -0.05) is 0 Å². The van der Waals surface area contributed by atoms with E-state index in [2.05, 4.69) is 36.0 Å². The largest absolute Gasteiger partial charge is 0.336 e. The molecule has 0 aliphatic heterocycles. The van der Waals surface area contributed by atoms with Gasteiger partial charge in [0.25, 0.3) is 0 Å². The molecule has 2 aromatic heterocycles. The second kappa shape index (κ2) is 6.52. The third-order valence-electron chi connectivity index (χ3n) is 2.65. The number of halogens is 1. The normalized spacial score (nSPS) is 13.1. The van der Waals surface area contributed by atoms with Crippen molar-refractivity contribution in [1.82, 2.24) is 19.3 Å². The Bertz CT molecular complexity index is 704. The first kappa shape index (κ1) is 15.9. The number of nitrogens with zero attached hydrogens (tertiary/aromatic N) is 3. The maximum Gasteiger partial charge on any atom is 0.244 e. The van der Waals surface area contributed by atoms with Crippen LogP contribution in [0.15, 0.2) is 40.4 Å². The monoisotopic (exact) mass is 374 g/mol. The summed E-state index contributed by atoms with van der Waals surface area (Å²) in [6, 6.07) is 1.11. The van der Waals surface area contributed by atoms with Crippen LogP contribution < -0.4 is 16.0 Å². The smallest absolute Gasteiger partial charge is 0.244 e. The van der Waals surface area contributed by atoms with Gasteiger partial charge in [0.05, 0.1) is 6.33 Å². The van der Waals surface area contributed by atoms with Gasteiger partial charge in [0.1, 0.15) is 4.90 Å². The molecule has 4 N–H and O–H groups in total. The number of nitrogen functional groups attached to an aromatic ring is 1. The maximum absolute atomic E-state index is 12.4. The molecule has 0 saturated carbocycles. The highest BCUT2D eigenvalue weighted by Gasteiger charge is 2.22. The van der Waals surface area contributed by atoms with Gasteiger partial charge in [0.2, 0.25) is 10.0 Å². The van der Waals surface area contributed by atoms with Crippen molar-refractivity contribution in [1.29, 1.82) is 0 Å². The fourth-order valence-corrected chi connectivity index (χ4v) is 3.67. The van der Waals surface area contributed by atoms with Crippen LogP contribution in [-0.2, 0) is 16.6 Å². The Labute approximate surface area is 130 Å². The molecule has 0 aliphatic rings. The first-order valence-corrected chi connectivity index (χ1v) is 8.30. The Hall–Kier alpha value is -1.49. The first-order chi connectivity index (χ1) is 9.92. The van der Waals surface area contributed by atoms with Gasteiger partial charge in [-0.25, -0.2) is 29.0 Å². The summed E-state index contributed by atoms with van der Waals surface area (Å²) in [6.07, 6.45) is 6.48. The van der Waals surface area contributed by atoms with Crippen LogP contribution in [0.4, 0.5) is 5.82 Å². The molecule has 8 nitrogen and oxygen atoms in total. The predicted octanol–water partition coefficient (Wildman–Crippen LogP) is 0.693. The molecule has 0 spiro atoms. The SMILES string of the molecule is CC(Cn1ccnc1)NS(=O)(=O)c1cc(Br)cnc1NN. The predicted molar refractivity (Wildman–Crippen MR) is 81.8 cm³/mol. The van der Waals surface area contributed by atoms with Crippen LogP contribution in [-0.4, -0.2) is 29.0 Å². The van der Waals surface area contributed by atoms with E-state index in [1.165, 1.54) is 12.3 Å². The van der Waals surface area contributed by atoms with E-state index >= 15 is 0 Å². The Kier molecular flexibility index (Phi) is 4.93. The Morgan fingerprint density at radius 2 is 2.29 bits per heavy atom. The van der Waals surface area contributed by atoms with E-state index in [1.807, 2.05) is 0 Å². The third-order valence-corrected chi connectivity index (χ3v) is 4.68. The van der Waals surface area contributed by atoms with Crippen LogP contribution in [0.1, 0.15) is 6.92 Å². The number of sulfonamides is 1. The Morgan fingerprint density at radius 1 is 1.52 bits per heavy atom. The molecule has 0 bridgehead atoms. The van der Waals surface area contributed by atoms with Gasteiger partial charge in [0, 0.05) is 35.6 Å². The average Bonchev–Trinajstić information content (AvgIpc) is 2.90. The van der Waals surface area contributed by atoms with Gasteiger partial charge in [0.15, 0.2) is 5.82 Å². The highest BCUT2D eigenvalue weighted by molar-refractivity contribution is 9.10. The highest BCUT2D eigenvalue weighted by atomic mass is 79.9. The molecule has 0 fully saturated rings. The molecule has 2 rings (SSSR count). The maximum atomic E-state index is 12.4. The zero-order valence-corrected chi connectivity index (χ0v) is 13.6. The van der Waals surface area contributed by atoms with Crippen molar-refractivity contribution < 1.29 is 8.42 Å². The number of pyridine rings is 1. The van der Waals surface area contributed by atoms with E-state index in [9.17, 15) is 8.42 Å². The molecule has 0 aliphatic carbocycles. The number of hydrazine groups is 1. The number of anilines is 1. The van der Waals surface area contributed by atoms with Crippen LogP contribution in [0.2, 0.25) is 0 Å². The lowest BCUT2D eigenvalue weighted by molar-refractivity contribution is 0.520. The van der Waals surface area contributed by atoms with Gasteiger partial charge in [-0.2, -0.15) is 0 Å². The van der Waals surface area contributed by atoms with Crippen LogP contribution in [0.3, 0.4) is 0 Å². The number of imidazole rings is 1. The summed E-state index contributed by atoms with van der Waals surface area (Å²) in [4.78, 5) is 7.82. The fourth-order valence-electron chi connectivity index (χ4n) is 1.81. The molecule has 21 heavy (non-hydrogen) atoms. The number of hydrogen-bond donors (Lipinski definition) is 3. The molecule has 0 amide bonds. The number of aromatic nitrogens is 3. The second-order valence-corrected chi connectivity index (χ2v) is 7.02. The van der Waals surface area contributed by atoms with E-state index in [4.69, 9.17) is 5.84 Å². The van der Waals surface area contributed by atoms with Crippen molar-refractivity contribution in [2.24, 2.45) is 5.84 Å². The molecule has 114 valence electrons. The molecule has 0 radical (unpaired) electrons. The number of hydrogen-bond acceptors (Lipinski definition) is 6. The second-order valence-electron chi connectivity index (χ2n) is 4.43. The Balaban J connectivity index is 2.20. The van der Waals surface area contributed by atoms with E-state index in [0.717, 1.165) is 0 Å². The first-order valence-electron chi connectivity index (χ1n) is 6.02. The third kappa shape index (κ3) is 4.00. The van der Waals surface area contributed by atoms with E-state index in [-0.39, 0.29) is 16.8 Å². The molecule has 0 saturated heterocycles. The van der Waals surface area contributed by atoms with Crippen LogP contribution in [0.5, 0.6) is 0 Å². The van der Waals surface area contributed by atoms with Crippen LogP contribution >= 0.6 is 15.9 Å². The average molecular weight is 375 g/mol. The van der Waals surface area contributed by atoms with Crippen molar-refractivity contribution in [3.05, 3.63) is 35.5 Å². The van der Waals surface area contributed by atoms with E-state index < -0.39 is 10.0 Å². The molecule has 10 heteroatoms. The van der Waals surface area contributed by atoms with Gasteiger partial charge >= 0.3 is 0 Å². The standard InChI is InChI=1S/C11H15BrN6O2S/c1-8(6-18-3-2-14-7-18)17-21(19,20)10-4-9(12)5-15-11(10)16-13/h2-5,7-8,17H,6,13H2,1H3,(H,15,16). The minimum absolute atomic E-state index is 0.0168. The lowest BCUT2D eigenvalue weighted by Gasteiger charge is -2.16. The summed E-state index contributed by atoms with van der Waals surface area (Å²) in [5.41, 5.74) is 2.28. The topological polar surface area (TPSA) is 115 Å². The van der Waals surface area contributed by atoms with Crippen molar-refractivity contribution >= 4 is 31.8 Å². The summed E-state index contributed by atoms with van der Waals surface area (Å²) in [7, 11) is -3.75. The van der Waals surface area contributed by atoms with Gasteiger partial charge in [-0.15, -0.1) is 0 Å². The van der Waals surface area contributed by atoms with E-state index in [0.29, 0.717) is 11.0 Å². The van der Waals surface area contributed by atoms with Gasteiger partial charge in [-0.3, -0.25) is 0 Å². The summed E-state index contributed by atoms with van der Waals surface area (Å²) < 4.78 is 29.7. The molecular formula is C11H15BrN6O2S. The summed E-state index contributed by atoms with van der Waals surface area (Å²) in [6.45, 7) is 2.23. The van der Waals surface area contributed by atoms with Crippen LogP contribution in [0, 0.1) is 0 Å². The summed E-state index contributed by atoms with van der Waals surface area (Å²) in [5, 5.41) is 0. The molecule has 2 heterocycles. The van der Waals surface area contributed by atoms with Crippen LogP contribution in [0.25, 0.3) is 0 Å². The zero-order valence-electron chi connectivity index (χ0n) is 11.2. The molecular weight excluding hydrogens is 360 g/mol. The lowest BCUT2D eigenvalue weighted by Crippen LogP contribution is -2.36. The van der Waals surface area contributed by atoms with E-state index in [1.54, 1.807) is 30.2 Å². The summed E-state index contributed by atoms with van der Waals surface area (Å²) >= 11 is 3.20. The van der Waals surface area contributed by atoms with Crippen molar-refractivity contribution in [3.63, 3.8) is 0 Å². The lowest BCUT2D eigenvalue weighted by atomic mass is 10.4. The van der Waals surface area contributed by atoms with Crippen molar-refractivity contribution in [2.45, 2.75) is 24.4 Å². The van der Waals surface area contributed by atoms with Gasteiger partial charge < -0.3 is 9.99 Å². The number of rotatable bonds is 6. The number of nitrogens with two attached hydrogens (primary N) is 1. The zero-order chi connectivity index (χ0) is 15.5. The quantitative estimate of drug-likeness (QED) is 0.506. The molecule has 2 aromatic rings. The fraction of sp³-hybridized carbons (Fsp3) is 0.273. The minimum Gasteiger partial charge on any atom is -0.336 e. The van der Waals surface area contributed by atoms with Crippen molar-refractivity contribution in [3.8, 4) is 0 Å². The summed E-state index contributed by atoms with van der Waals surface area (Å²) in [5.74, 6) is 5.39.